The Kier molecular flexibility index (Phi) is 6.57. The molecule has 0 spiro atoms. The van der Waals surface area contributed by atoms with Crippen LogP contribution in [0.25, 0.3) is 5.82 Å². The van der Waals surface area contributed by atoms with Gasteiger partial charge >= 0.3 is 0 Å². The molecule has 2 heterocycles. The summed E-state index contributed by atoms with van der Waals surface area (Å²) in [4.78, 5) is 35.0. The van der Waals surface area contributed by atoms with Crippen molar-refractivity contribution in [2.75, 3.05) is 11.1 Å². The number of carbonyl (C=O) groups excluding carboxylic acids is 2. The van der Waals surface area contributed by atoms with E-state index in [4.69, 9.17) is 11.5 Å². The molecule has 4 aromatic rings. The maximum Gasteiger partial charge on any atom is 0.293 e. The fraction of sp³-hybridized carbons (Fsp3) is 0.0500. The lowest BCUT2D eigenvalue weighted by Gasteiger charge is -2.11. The Labute approximate surface area is 201 Å². The molecule has 2 aromatic carbocycles. The van der Waals surface area contributed by atoms with Crippen molar-refractivity contribution < 1.29 is 19.1 Å². The normalized spacial score (nSPS) is 10.9. The fourth-order valence-corrected chi connectivity index (χ4v) is 3.11. The van der Waals surface area contributed by atoms with E-state index < -0.39 is 16.7 Å². The quantitative estimate of drug-likeness (QED) is 0.144. The first-order valence-electron chi connectivity index (χ1n) is 10.1. The summed E-state index contributed by atoms with van der Waals surface area (Å²) >= 11 is 0. The summed E-state index contributed by atoms with van der Waals surface area (Å²) in [6.07, 6.45) is 1.23. The average molecular weight is 491 g/mol. The van der Waals surface area contributed by atoms with Crippen molar-refractivity contribution in [3.05, 3.63) is 81.2 Å². The van der Waals surface area contributed by atoms with E-state index in [1.54, 1.807) is 24.3 Å². The lowest BCUT2D eigenvalue weighted by Crippen LogP contribution is -2.22. The third-order valence-corrected chi connectivity index (χ3v) is 4.77. The number of nitro benzene ring substituents is 1. The zero-order valence-corrected chi connectivity index (χ0v) is 18.2. The topological polar surface area (TPSA) is 235 Å². The number of non-ortho nitro benzene ring substituents is 1. The molecule has 2 amide bonds. The first-order chi connectivity index (χ1) is 17.3. The highest BCUT2D eigenvalue weighted by atomic mass is 16.6. The highest BCUT2D eigenvalue weighted by Crippen LogP contribution is 2.20. The zero-order chi connectivity index (χ0) is 25.7. The van der Waals surface area contributed by atoms with E-state index in [0.717, 1.165) is 4.68 Å². The van der Waals surface area contributed by atoms with Crippen LogP contribution in [0.15, 0.2) is 58.3 Å². The van der Waals surface area contributed by atoms with Gasteiger partial charge in [0.25, 0.3) is 17.5 Å². The van der Waals surface area contributed by atoms with E-state index in [-0.39, 0.29) is 40.8 Å². The number of amides is 2. The number of nitrogen functional groups attached to an aromatic ring is 1. The Morgan fingerprint density at radius 1 is 1.19 bits per heavy atom. The van der Waals surface area contributed by atoms with Crippen LogP contribution in [0.5, 0.6) is 0 Å². The number of anilines is 2. The van der Waals surface area contributed by atoms with Crippen LogP contribution in [-0.2, 0) is 6.54 Å². The van der Waals surface area contributed by atoms with Crippen LogP contribution in [0, 0.1) is 10.1 Å². The number of nitro groups is 1. The van der Waals surface area contributed by atoms with Gasteiger partial charge in [0.2, 0.25) is 11.6 Å². The Hall–Kier alpha value is -5.67. The van der Waals surface area contributed by atoms with Gasteiger partial charge in [-0.15, -0.1) is 5.10 Å². The molecule has 0 aliphatic carbocycles. The minimum absolute atomic E-state index is 0.0124. The van der Waals surface area contributed by atoms with Gasteiger partial charge in [0.1, 0.15) is 0 Å². The molecule has 0 radical (unpaired) electrons. The van der Waals surface area contributed by atoms with Crippen LogP contribution in [0.1, 0.15) is 32.1 Å². The standard InChI is InChI=1S/C20H17N11O5/c21-17-19(28-36-27-17)30-15(10-23-14-7-2-1-6-13(14)18(22)32)16(25-29-30)20(33)26-24-9-11-4-3-5-12(8-11)31(34)35/h1-9,23H,10H2,(H2,21,27)(H2,22,32)(H,26,33)/b24-9+. The molecule has 6 N–H and O–H groups in total. The number of benzene rings is 2. The fourth-order valence-electron chi connectivity index (χ4n) is 3.11. The summed E-state index contributed by atoms with van der Waals surface area (Å²) < 4.78 is 5.75. The van der Waals surface area contributed by atoms with Crippen LogP contribution in [0.4, 0.5) is 17.2 Å². The number of hydrogen-bond acceptors (Lipinski definition) is 12. The SMILES string of the molecule is NC(=O)c1ccccc1NCc1c(C(=O)N/N=C/c2cccc([N+](=O)[O-])c2)nnn1-c1nonc1N. The van der Waals surface area contributed by atoms with Gasteiger partial charge in [-0.25, -0.2) is 10.1 Å². The van der Waals surface area contributed by atoms with Gasteiger partial charge in [0, 0.05) is 23.4 Å². The molecule has 36 heavy (non-hydrogen) atoms. The first-order valence-corrected chi connectivity index (χ1v) is 10.1. The second-order valence-electron chi connectivity index (χ2n) is 7.08. The van der Waals surface area contributed by atoms with Crippen molar-refractivity contribution in [2.24, 2.45) is 10.8 Å². The van der Waals surface area contributed by atoms with Gasteiger partial charge in [0.15, 0.2) is 5.69 Å². The summed E-state index contributed by atoms with van der Waals surface area (Å²) in [5.74, 6) is -1.52. The zero-order valence-electron chi connectivity index (χ0n) is 18.2. The molecule has 16 nitrogen and oxygen atoms in total. The number of primary amides is 1. The molecule has 0 aliphatic heterocycles. The van der Waals surface area contributed by atoms with Gasteiger partial charge in [-0.3, -0.25) is 19.7 Å². The van der Waals surface area contributed by atoms with Crippen molar-refractivity contribution in [1.29, 1.82) is 0 Å². The van der Waals surface area contributed by atoms with E-state index >= 15 is 0 Å². The predicted octanol–water partition coefficient (Wildman–Crippen LogP) is 0.616. The van der Waals surface area contributed by atoms with Gasteiger partial charge < -0.3 is 16.8 Å². The Balaban J connectivity index is 1.60. The second kappa shape index (κ2) is 10.1. The molecular formula is C20H17N11O5. The third-order valence-electron chi connectivity index (χ3n) is 4.77. The van der Waals surface area contributed by atoms with Crippen LogP contribution >= 0.6 is 0 Å². The summed E-state index contributed by atoms with van der Waals surface area (Å²) in [6, 6.07) is 12.2. The Bertz CT molecular complexity index is 1480. The smallest absolute Gasteiger partial charge is 0.293 e. The minimum atomic E-state index is -0.752. The maximum absolute atomic E-state index is 12.8. The molecule has 2 aromatic heterocycles. The molecule has 0 unspecified atom stereocenters. The number of nitrogens with one attached hydrogen (secondary N) is 2. The number of hydrogen-bond donors (Lipinski definition) is 4. The van der Waals surface area contributed by atoms with Crippen molar-refractivity contribution in [3.63, 3.8) is 0 Å². The van der Waals surface area contributed by atoms with E-state index in [1.165, 1.54) is 30.5 Å². The minimum Gasteiger partial charge on any atom is -0.379 e. The predicted molar refractivity (Wildman–Crippen MR) is 124 cm³/mol. The number of hydrazone groups is 1. The van der Waals surface area contributed by atoms with Crippen LogP contribution in [0.2, 0.25) is 0 Å². The lowest BCUT2D eigenvalue weighted by molar-refractivity contribution is -0.384. The molecule has 0 fully saturated rings. The number of rotatable bonds is 9. The van der Waals surface area contributed by atoms with Crippen molar-refractivity contribution in [1.82, 2.24) is 30.7 Å². The molecule has 0 saturated heterocycles. The largest absolute Gasteiger partial charge is 0.379 e. The number of carbonyl (C=O) groups is 2. The van der Waals surface area contributed by atoms with Crippen LogP contribution in [-0.4, -0.2) is 48.3 Å². The lowest BCUT2D eigenvalue weighted by atomic mass is 10.1. The van der Waals surface area contributed by atoms with E-state index in [2.05, 4.69) is 41.1 Å². The number of aromatic nitrogens is 5. The second-order valence-corrected chi connectivity index (χ2v) is 7.08. The van der Waals surface area contributed by atoms with Gasteiger partial charge in [-0.05, 0) is 22.4 Å². The van der Waals surface area contributed by atoms with E-state index in [9.17, 15) is 19.7 Å². The third kappa shape index (κ3) is 4.96. The molecule has 0 atom stereocenters. The van der Waals surface area contributed by atoms with E-state index in [1.807, 2.05) is 0 Å². The molecule has 0 bridgehead atoms. The average Bonchev–Trinajstić information content (AvgIpc) is 3.48. The maximum atomic E-state index is 12.8. The molecule has 182 valence electrons. The molecule has 4 rings (SSSR count). The number of para-hydroxylation sites is 1. The number of nitrogens with two attached hydrogens (primary N) is 2. The highest BCUT2D eigenvalue weighted by molar-refractivity contribution is 5.98. The van der Waals surface area contributed by atoms with Crippen molar-refractivity contribution >= 4 is 35.2 Å². The van der Waals surface area contributed by atoms with Gasteiger partial charge in [0.05, 0.1) is 28.9 Å². The summed E-state index contributed by atoms with van der Waals surface area (Å²) in [5.41, 5.74) is 14.4. The van der Waals surface area contributed by atoms with Crippen molar-refractivity contribution in [3.8, 4) is 5.82 Å². The molecule has 0 saturated carbocycles. The van der Waals surface area contributed by atoms with E-state index in [0.29, 0.717) is 11.3 Å². The molecular weight excluding hydrogens is 474 g/mol. The summed E-state index contributed by atoms with van der Waals surface area (Å²) in [5, 5.41) is 32.7. The van der Waals surface area contributed by atoms with Gasteiger partial charge in [-0.2, -0.15) is 9.78 Å². The Morgan fingerprint density at radius 3 is 2.72 bits per heavy atom. The van der Waals surface area contributed by atoms with Crippen molar-refractivity contribution in [2.45, 2.75) is 6.54 Å². The monoisotopic (exact) mass is 491 g/mol. The van der Waals surface area contributed by atoms with Crippen LogP contribution in [0.3, 0.4) is 0 Å². The Morgan fingerprint density at radius 2 is 2.00 bits per heavy atom. The van der Waals surface area contributed by atoms with Gasteiger partial charge in [-0.1, -0.05) is 29.5 Å². The number of nitrogens with zero attached hydrogens (tertiary/aromatic N) is 7. The highest BCUT2D eigenvalue weighted by Gasteiger charge is 2.24. The summed E-state index contributed by atoms with van der Waals surface area (Å²) in [7, 11) is 0. The molecule has 16 heteroatoms. The summed E-state index contributed by atoms with van der Waals surface area (Å²) in [6.45, 7) is -0.0685. The van der Waals surface area contributed by atoms with Crippen LogP contribution < -0.4 is 22.2 Å². The molecule has 0 aliphatic rings. The first kappa shape index (κ1) is 23.5.